The van der Waals surface area contributed by atoms with Gasteiger partial charge in [0.05, 0.1) is 7.11 Å². The van der Waals surface area contributed by atoms with Crippen molar-refractivity contribution in [2.75, 3.05) is 13.0 Å². The molecule has 0 N–H and O–H groups in total. The van der Waals surface area contributed by atoms with Gasteiger partial charge in [0.2, 0.25) is 0 Å². The van der Waals surface area contributed by atoms with Gasteiger partial charge in [-0.1, -0.05) is 25.6 Å². The maximum Gasteiger partial charge on any atom is 0.121 e. The summed E-state index contributed by atoms with van der Waals surface area (Å²) in [6.07, 6.45) is 4.13. The predicted octanol–water partition coefficient (Wildman–Crippen LogP) is 3.02. The molecule has 0 amide bonds. The maximum atomic E-state index is 5.70. The largest absolute Gasteiger partial charge is 0.497 e. The monoisotopic (exact) mass is 257 g/mol. The van der Waals surface area contributed by atoms with Crippen molar-refractivity contribution in [2.24, 2.45) is 0 Å². The molecule has 0 spiro atoms. The minimum absolute atomic E-state index is 0.760. The second kappa shape index (κ2) is 6.26. The summed E-state index contributed by atoms with van der Waals surface area (Å²) in [7, 11) is 0.282. The van der Waals surface area contributed by atoms with Gasteiger partial charge in [0.25, 0.3) is 0 Å². The molecule has 0 fully saturated rings. The van der Waals surface area contributed by atoms with Gasteiger partial charge >= 0.3 is 0 Å². The molecule has 0 aliphatic heterocycles. The van der Waals surface area contributed by atoms with Crippen molar-refractivity contribution >= 4 is 25.0 Å². The van der Waals surface area contributed by atoms with Crippen LogP contribution in [0.3, 0.4) is 0 Å². The Morgan fingerprint density at radius 2 is 2.12 bits per heavy atom. The van der Waals surface area contributed by atoms with E-state index in [0.29, 0.717) is 0 Å². The highest BCUT2D eigenvalue weighted by molar-refractivity contribution is 6.89. The van der Waals surface area contributed by atoms with Gasteiger partial charge in [-0.05, 0) is 18.6 Å². The smallest absolute Gasteiger partial charge is 0.121 e. The number of alkyl halides is 1. The lowest BCUT2D eigenvalue weighted by Gasteiger charge is -2.21. The van der Waals surface area contributed by atoms with Crippen LogP contribution in [0.15, 0.2) is 18.3 Å². The van der Waals surface area contributed by atoms with Crippen LogP contribution in [0.4, 0.5) is 0 Å². The topological polar surface area (TPSA) is 22.1 Å². The van der Waals surface area contributed by atoms with Crippen molar-refractivity contribution in [2.45, 2.75) is 32.0 Å². The molecule has 0 aromatic carbocycles. The second-order valence-electron chi connectivity index (χ2n) is 4.61. The van der Waals surface area contributed by atoms with E-state index >= 15 is 0 Å². The van der Waals surface area contributed by atoms with Crippen LogP contribution in [0, 0.1) is 0 Å². The van der Waals surface area contributed by atoms with Crippen LogP contribution in [-0.4, -0.2) is 26.0 Å². The molecule has 1 aromatic heterocycles. The summed E-state index contributed by atoms with van der Waals surface area (Å²) < 4.78 is 5.24. The van der Waals surface area contributed by atoms with Crippen LogP contribution >= 0.6 is 11.6 Å². The number of hydrogen-bond donors (Lipinski definition) is 0. The molecular formula is C12H20ClNOSi. The van der Waals surface area contributed by atoms with Crippen molar-refractivity contribution in [1.29, 1.82) is 0 Å². The van der Waals surface area contributed by atoms with E-state index in [-0.39, 0.29) is 0 Å². The molecule has 0 aliphatic rings. The highest BCUT2D eigenvalue weighted by atomic mass is 35.5. The molecule has 0 bridgehead atoms. The Bertz CT molecular complexity index is 331. The number of unbranched alkanes of at least 4 members (excludes halogenated alkanes) is 1. The zero-order chi connectivity index (χ0) is 12.0. The number of hydrogen-bond acceptors (Lipinski definition) is 2. The van der Waals surface area contributed by atoms with Crippen molar-refractivity contribution in [1.82, 2.24) is 4.98 Å². The van der Waals surface area contributed by atoms with E-state index in [1.54, 1.807) is 7.11 Å². The van der Waals surface area contributed by atoms with E-state index in [1.807, 2.05) is 12.3 Å². The maximum absolute atomic E-state index is 5.70. The van der Waals surface area contributed by atoms with Crippen LogP contribution in [0.5, 0.6) is 5.75 Å². The lowest BCUT2D eigenvalue weighted by molar-refractivity contribution is 0.414. The first kappa shape index (κ1) is 13.5. The van der Waals surface area contributed by atoms with Crippen LogP contribution in [0.2, 0.25) is 19.1 Å². The molecular weight excluding hydrogens is 238 g/mol. The lowest BCUT2D eigenvalue weighted by Crippen LogP contribution is -2.43. The van der Waals surface area contributed by atoms with E-state index in [2.05, 4.69) is 24.1 Å². The normalized spacial score (nSPS) is 11.5. The molecule has 90 valence electrons. The van der Waals surface area contributed by atoms with Gasteiger partial charge in [0.1, 0.15) is 13.8 Å². The Kier molecular flexibility index (Phi) is 5.29. The van der Waals surface area contributed by atoms with E-state index in [0.717, 1.165) is 18.1 Å². The first-order chi connectivity index (χ1) is 7.60. The summed E-state index contributed by atoms with van der Waals surface area (Å²) in [4.78, 5) is 4.49. The molecule has 1 aromatic rings. The number of halogens is 1. The summed E-state index contributed by atoms with van der Waals surface area (Å²) in [6.45, 7) is 4.70. The zero-order valence-corrected chi connectivity index (χ0v) is 12.0. The molecule has 4 heteroatoms. The second-order valence-corrected chi connectivity index (χ2v) is 9.77. The predicted molar refractivity (Wildman–Crippen MR) is 72.7 cm³/mol. The third-order valence-electron chi connectivity index (χ3n) is 2.85. The van der Waals surface area contributed by atoms with Gasteiger partial charge in [-0.15, -0.1) is 11.6 Å². The van der Waals surface area contributed by atoms with Gasteiger partial charge < -0.3 is 4.74 Å². The Morgan fingerprint density at radius 3 is 2.75 bits per heavy atom. The Morgan fingerprint density at radius 1 is 1.38 bits per heavy atom. The first-order valence-corrected chi connectivity index (χ1v) is 9.41. The van der Waals surface area contributed by atoms with E-state index in [9.17, 15) is 0 Å². The third kappa shape index (κ3) is 3.80. The van der Waals surface area contributed by atoms with Crippen LogP contribution in [0.1, 0.15) is 12.8 Å². The summed E-state index contributed by atoms with van der Waals surface area (Å²) in [5.41, 5.74) is 0. The molecule has 1 rings (SSSR count). The quantitative estimate of drug-likeness (QED) is 0.444. The fourth-order valence-electron chi connectivity index (χ4n) is 1.70. The van der Waals surface area contributed by atoms with E-state index in [1.165, 1.54) is 17.8 Å². The van der Waals surface area contributed by atoms with Gasteiger partial charge in [0, 0.05) is 17.4 Å². The molecule has 0 saturated heterocycles. The molecule has 16 heavy (non-hydrogen) atoms. The Hall–Kier alpha value is -0.543. The van der Waals surface area contributed by atoms with Crippen molar-refractivity contribution in [3.8, 4) is 5.75 Å². The van der Waals surface area contributed by atoms with Gasteiger partial charge in [0.15, 0.2) is 0 Å². The van der Waals surface area contributed by atoms with Gasteiger partial charge in [-0.2, -0.15) is 0 Å². The Balaban J connectivity index is 2.72. The molecule has 0 atom stereocenters. The summed E-state index contributed by atoms with van der Waals surface area (Å²) >= 11 is 5.70. The molecule has 0 aliphatic carbocycles. The zero-order valence-electron chi connectivity index (χ0n) is 10.3. The molecule has 0 radical (unpaired) electrons. The minimum atomic E-state index is -1.41. The highest BCUT2D eigenvalue weighted by Gasteiger charge is 2.24. The third-order valence-corrected chi connectivity index (χ3v) is 6.38. The lowest BCUT2D eigenvalue weighted by atomic mass is 10.4. The minimum Gasteiger partial charge on any atom is -0.497 e. The summed E-state index contributed by atoms with van der Waals surface area (Å²) in [5, 5.41) is 1.22. The molecule has 1 heterocycles. The number of ether oxygens (including phenoxy) is 1. The average molecular weight is 258 g/mol. The SMILES string of the molecule is COc1ccnc([Si](C)(C)CCCCCl)c1. The fourth-order valence-corrected chi connectivity index (χ4v) is 4.23. The Labute approximate surface area is 104 Å². The number of aromatic nitrogens is 1. The number of methoxy groups -OCH3 is 1. The van der Waals surface area contributed by atoms with Crippen LogP contribution < -0.4 is 10.1 Å². The fraction of sp³-hybridized carbons (Fsp3) is 0.583. The molecule has 2 nitrogen and oxygen atoms in total. The van der Waals surface area contributed by atoms with Gasteiger partial charge in [-0.3, -0.25) is 4.98 Å². The summed E-state index contributed by atoms with van der Waals surface area (Å²) in [5.74, 6) is 1.67. The number of pyridine rings is 1. The van der Waals surface area contributed by atoms with Crippen molar-refractivity contribution in [3.05, 3.63) is 18.3 Å². The van der Waals surface area contributed by atoms with E-state index in [4.69, 9.17) is 16.3 Å². The van der Waals surface area contributed by atoms with Gasteiger partial charge in [-0.25, -0.2) is 0 Å². The van der Waals surface area contributed by atoms with Crippen molar-refractivity contribution < 1.29 is 4.74 Å². The molecule has 0 saturated carbocycles. The van der Waals surface area contributed by atoms with Crippen LogP contribution in [-0.2, 0) is 0 Å². The standard InChI is InChI=1S/C12H20ClNOSi/c1-15-11-6-8-14-12(10-11)16(2,3)9-5-4-7-13/h6,8,10H,4-5,7,9H2,1-3H3. The number of rotatable bonds is 6. The first-order valence-electron chi connectivity index (χ1n) is 5.66. The van der Waals surface area contributed by atoms with Crippen molar-refractivity contribution in [3.63, 3.8) is 0 Å². The summed E-state index contributed by atoms with van der Waals surface area (Å²) in [6, 6.07) is 5.21. The van der Waals surface area contributed by atoms with Crippen LogP contribution in [0.25, 0.3) is 0 Å². The average Bonchev–Trinajstić information content (AvgIpc) is 2.29. The highest BCUT2D eigenvalue weighted by Crippen LogP contribution is 2.15. The molecule has 0 unspecified atom stereocenters. The number of nitrogens with zero attached hydrogens (tertiary/aromatic N) is 1. The van der Waals surface area contributed by atoms with E-state index < -0.39 is 8.07 Å².